The van der Waals surface area contributed by atoms with Crippen LogP contribution < -0.4 is 5.32 Å². The number of nitrogens with zero attached hydrogens (tertiary/aromatic N) is 1. The molecule has 0 aliphatic rings. The molecule has 20 heavy (non-hydrogen) atoms. The maximum atomic E-state index is 11.8. The fourth-order valence-electron chi connectivity index (χ4n) is 1.88. The van der Waals surface area contributed by atoms with Crippen molar-refractivity contribution in [2.24, 2.45) is 0 Å². The molecule has 0 atom stereocenters. The number of aryl methyl sites for hydroxylation is 2. The first-order valence-corrected chi connectivity index (χ1v) is 7.40. The van der Waals surface area contributed by atoms with Crippen molar-refractivity contribution in [2.45, 2.75) is 26.2 Å². The first-order valence-electron chi connectivity index (χ1n) is 6.60. The zero-order valence-electron chi connectivity index (χ0n) is 11.4. The molecule has 0 radical (unpaired) electrons. The summed E-state index contributed by atoms with van der Waals surface area (Å²) in [7, 11) is 0. The molecule has 0 saturated heterocycles. The van der Waals surface area contributed by atoms with Gasteiger partial charge in [0.15, 0.2) is 0 Å². The topological polar surface area (TPSA) is 42.0 Å². The Balaban J connectivity index is 1.75. The van der Waals surface area contributed by atoms with E-state index in [4.69, 9.17) is 0 Å². The van der Waals surface area contributed by atoms with E-state index in [1.165, 1.54) is 11.1 Å². The standard InChI is InChI=1S/C16H17BrN2O/c1-12-5-7-13(8-6-12)3-2-4-16(20)19-14-9-10-15(17)18-11-14/h5-11H,2-4H2,1H3,(H,19,20). The van der Waals surface area contributed by atoms with E-state index in [1.807, 2.05) is 12.1 Å². The van der Waals surface area contributed by atoms with Gasteiger partial charge in [-0.15, -0.1) is 0 Å². The summed E-state index contributed by atoms with van der Waals surface area (Å²) in [6, 6.07) is 12.1. The minimum Gasteiger partial charge on any atom is -0.325 e. The zero-order chi connectivity index (χ0) is 14.4. The Kier molecular flexibility index (Phi) is 5.30. The van der Waals surface area contributed by atoms with Crippen LogP contribution in [0.5, 0.6) is 0 Å². The molecule has 104 valence electrons. The van der Waals surface area contributed by atoms with Crippen LogP contribution >= 0.6 is 15.9 Å². The smallest absolute Gasteiger partial charge is 0.224 e. The number of carbonyl (C=O) groups is 1. The van der Waals surface area contributed by atoms with Crippen molar-refractivity contribution in [3.8, 4) is 0 Å². The molecular weight excluding hydrogens is 316 g/mol. The third kappa shape index (κ3) is 4.78. The van der Waals surface area contributed by atoms with Crippen LogP contribution in [0.25, 0.3) is 0 Å². The van der Waals surface area contributed by atoms with E-state index in [9.17, 15) is 4.79 Å². The number of hydrogen-bond donors (Lipinski definition) is 1. The number of carbonyl (C=O) groups excluding carboxylic acids is 1. The van der Waals surface area contributed by atoms with Crippen LogP contribution in [0.4, 0.5) is 5.69 Å². The molecule has 3 nitrogen and oxygen atoms in total. The number of nitrogens with one attached hydrogen (secondary N) is 1. The van der Waals surface area contributed by atoms with Gasteiger partial charge in [-0.1, -0.05) is 29.8 Å². The number of anilines is 1. The van der Waals surface area contributed by atoms with Gasteiger partial charge in [-0.3, -0.25) is 4.79 Å². The molecule has 2 rings (SSSR count). The van der Waals surface area contributed by atoms with Crippen molar-refractivity contribution in [2.75, 3.05) is 5.32 Å². The van der Waals surface area contributed by atoms with E-state index < -0.39 is 0 Å². The minimum atomic E-state index is 0.0289. The van der Waals surface area contributed by atoms with Crippen molar-refractivity contribution in [3.63, 3.8) is 0 Å². The number of hydrogen-bond acceptors (Lipinski definition) is 2. The predicted molar refractivity (Wildman–Crippen MR) is 84.7 cm³/mol. The van der Waals surface area contributed by atoms with Crippen molar-refractivity contribution in [1.29, 1.82) is 0 Å². The van der Waals surface area contributed by atoms with Gasteiger partial charge >= 0.3 is 0 Å². The third-order valence-electron chi connectivity index (χ3n) is 3.00. The Morgan fingerprint density at radius 2 is 1.95 bits per heavy atom. The second kappa shape index (κ2) is 7.20. The lowest BCUT2D eigenvalue weighted by atomic mass is 10.1. The van der Waals surface area contributed by atoms with E-state index in [0.29, 0.717) is 6.42 Å². The molecule has 4 heteroatoms. The number of pyridine rings is 1. The molecule has 1 aromatic carbocycles. The number of rotatable bonds is 5. The van der Waals surface area contributed by atoms with Crippen LogP contribution in [-0.4, -0.2) is 10.9 Å². The average Bonchev–Trinajstić information content (AvgIpc) is 2.44. The predicted octanol–water partition coefficient (Wildman–Crippen LogP) is 4.11. The average molecular weight is 333 g/mol. The summed E-state index contributed by atoms with van der Waals surface area (Å²) in [5, 5.41) is 2.84. The highest BCUT2D eigenvalue weighted by Gasteiger charge is 2.03. The fraction of sp³-hybridized carbons (Fsp3) is 0.250. The van der Waals surface area contributed by atoms with Crippen LogP contribution in [0.3, 0.4) is 0 Å². The molecule has 0 bridgehead atoms. The monoisotopic (exact) mass is 332 g/mol. The first kappa shape index (κ1) is 14.7. The second-order valence-corrected chi connectivity index (χ2v) is 5.57. The van der Waals surface area contributed by atoms with E-state index in [2.05, 4.69) is 57.4 Å². The van der Waals surface area contributed by atoms with Gasteiger partial charge < -0.3 is 5.32 Å². The van der Waals surface area contributed by atoms with Crippen LogP contribution in [-0.2, 0) is 11.2 Å². The van der Waals surface area contributed by atoms with Crippen LogP contribution in [0, 0.1) is 6.92 Å². The van der Waals surface area contributed by atoms with Gasteiger partial charge in [-0.2, -0.15) is 0 Å². The molecule has 2 aromatic rings. The maximum Gasteiger partial charge on any atom is 0.224 e. The Bertz CT molecular complexity index is 564. The summed E-state index contributed by atoms with van der Waals surface area (Å²) in [5.41, 5.74) is 3.26. The normalized spacial score (nSPS) is 10.3. The molecule has 1 N–H and O–H groups in total. The van der Waals surface area contributed by atoms with Crippen molar-refractivity contribution in [1.82, 2.24) is 4.98 Å². The Morgan fingerprint density at radius 3 is 2.60 bits per heavy atom. The van der Waals surface area contributed by atoms with Crippen LogP contribution in [0.15, 0.2) is 47.2 Å². The lowest BCUT2D eigenvalue weighted by Crippen LogP contribution is -2.11. The van der Waals surface area contributed by atoms with Gasteiger partial charge in [0, 0.05) is 6.42 Å². The third-order valence-corrected chi connectivity index (χ3v) is 3.47. The van der Waals surface area contributed by atoms with Crippen molar-refractivity contribution < 1.29 is 4.79 Å². The maximum absolute atomic E-state index is 11.8. The summed E-state index contributed by atoms with van der Waals surface area (Å²) >= 11 is 3.26. The SMILES string of the molecule is Cc1ccc(CCCC(=O)Nc2ccc(Br)nc2)cc1. The van der Waals surface area contributed by atoms with Crippen molar-refractivity contribution >= 4 is 27.5 Å². The molecule has 0 spiro atoms. The van der Waals surface area contributed by atoms with Gasteiger partial charge in [-0.05, 0) is 53.4 Å². The molecule has 1 heterocycles. The molecule has 0 unspecified atom stereocenters. The van der Waals surface area contributed by atoms with Gasteiger partial charge in [-0.25, -0.2) is 4.98 Å². The van der Waals surface area contributed by atoms with E-state index in [-0.39, 0.29) is 5.91 Å². The zero-order valence-corrected chi connectivity index (χ0v) is 13.0. The van der Waals surface area contributed by atoms with E-state index in [0.717, 1.165) is 23.1 Å². The molecule has 1 amide bonds. The number of amides is 1. The van der Waals surface area contributed by atoms with Gasteiger partial charge in [0.05, 0.1) is 11.9 Å². The highest BCUT2D eigenvalue weighted by Crippen LogP contribution is 2.12. The van der Waals surface area contributed by atoms with E-state index >= 15 is 0 Å². The summed E-state index contributed by atoms with van der Waals surface area (Å²) in [6.07, 6.45) is 3.93. The van der Waals surface area contributed by atoms with Gasteiger partial charge in [0.25, 0.3) is 0 Å². The second-order valence-electron chi connectivity index (χ2n) is 4.76. The van der Waals surface area contributed by atoms with Gasteiger partial charge in [0.2, 0.25) is 5.91 Å². The molecule has 0 aliphatic heterocycles. The molecule has 0 fully saturated rings. The summed E-state index contributed by atoms with van der Waals surface area (Å²) in [5.74, 6) is 0.0289. The molecule has 0 saturated carbocycles. The summed E-state index contributed by atoms with van der Waals surface area (Å²) in [6.45, 7) is 2.07. The highest BCUT2D eigenvalue weighted by molar-refractivity contribution is 9.10. The number of halogens is 1. The minimum absolute atomic E-state index is 0.0289. The Hall–Kier alpha value is -1.68. The van der Waals surface area contributed by atoms with Crippen molar-refractivity contribution in [3.05, 3.63) is 58.3 Å². The first-order chi connectivity index (χ1) is 9.63. The van der Waals surface area contributed by atoms with Crippen LogP contribution in [0.2, 0.25) is 0 Å². The fourth-order valence-corrected chi connectivity index (χ4v) is 2.12. The summed E-state index contributed by atoms with van der Waals surface area (Å²) in [4.78, 5) is 15.9. The summed E-state index contributed by atoms with van der Waals surface area (Å²) < 4.78 is 0.759. The van der Waals surface area contributed by atoms with Crippen LogP contribution in [0.1, 0.15) is 24.0 Å². The molecular formula is C16H17BrN2O. The Morgan fingerprint density at radius 1 is 1.20 bits per heavy atom. The number of benzene rings is 1. The largest absolute Gasteiger partial charge is 0.325 e. The van der Waals surface area contributed by atoms with Gasteiger partial charge in [0.1, 0.15) is 4.60 Å². The Labute approximate surface area is 127 Å². The molecule has 1 aromatic heterocycles. The number of aromatic nitrogens is 1. The van der Waals surface area contributed by atoms with E-state index in [1.54, 1.807) is 6.20 Å². The molecule has 0 aliphatic carbocycles. The highest BCUT2D eigenvalue weighted by atomic mass is 79.9. The quantitative estimate of drug-likeness (QED) is 0.837. The lowest BCUT2D eigenvalue weighted by Gasteiger charge is -2.05. The lowest BCUT2D eigenvalue weighted by molar-refractivity contribution is -0.116.